The summed E-state index contributed by atoms with van der Waals surface area (Å²) in [6, 6.07) is 3.12. The van der Waals surface area contributed by atoms with E-state index in [1.54, 1.807) is 6.92 Å². The molecular weight excluding hydrogens is 319 g/mol. The first kappa shape index (κ1) is 14.4. The van der Waals surface area contributed by atoms with Crippen LogP contribution >= 0.6 is 11.5 Å². The fourth-order valence-corrected chi connectivity index (χ4v) is 2.40. The van der Waals surface area contributed by atoms with Crippen molar-refractivity contribution in [2.75, 3.05) is 5.32 Å². The number of aryl methyl sites for hydroxylation is 1. The number of benzene rings is 1. The van der Waals surface area contributed by atoms with Crippen LogP contribution < -0.4 is 5.32 Å². The lowest BCUT2D eigenvalue weighted by atomic mass is 10.2. The van der Waals surface area contributed by atoms with Gasteiger partial charge in [0.05, 0.1) is 22.3 Å². The normalized spacial score (nSPS) is 11.8. The molecule has 3 aromatic rings. The van der Waals surface area contributed by atoms with E-state index in [1.165, 1.54) is 6.07 Å². The molecule has 0 unspecified atom stereocenters. The fourth-order valence-electron chi connectivity index (χ4n) is 1.85. The predicted octanol–water partition coefficient (Wildman–Crippen LogP) is 2.99. The number of aromatic amines is 1. The quantitative estimate of drug-likeness (QED) is 0.758. The van der Waals surface area contributed by atoms with Crippen molar-refractivity contribution in [1.82, 2.24) is 19.6 Å². The smallest absolute Gasteiger partial charge is 0.324 e. The van der Waals surface area contributed by atoms with E-state index in [0.717, 1.165) is 23.7 Å². The minimum Gasteiger partial charge on any atom is -0.324 e. The molecule has 0 spiro atoms. The molecule has 6 nitrogen and oxygen atoms in total. The summed E-state index contributed by atoms with van der Waals surface area (Å²) >= 11 is 0.926. The summed E-state index contributed by atoms with van der Waals surface area (Å²) in [5.41, 5.74) is 0.189. The van der Waals surface area contributed by atoms with E-state index >= 15 is 0 Å². The van der Waals surface area contributed by atoms with E-state index in [4.69, 9.17) is 0 Å². The van der Waals surface area contributed by atoms with Gasteiger partial charge < -0.3 is 4.98 Å². The molecule has 1 aromatic carbocycles. The highest BCUT2D eigenvalue weighted by Crippen LogP contribution is 2.31. The van der Waals surface area contributed by atoms with Crippen molar-refractivity contribution < 1.29 is 18.0 Å². The number of fused-ring (bicyclic) bond motifs is 1. The van der Waals surface area contributed by atoms with Crippen LogP contribution in [-0.4, -0.2) is 25.5 Å². The second kappa shape index (κ2) is 5.05. The monoisotopic (exact) mass is 327 g/mol. The number of halogens is 3. The SMILES string of the molecule is Cc1nnsc1C(=O)Nc1nc2ccc(C(F)(F)F)cc2[nH]1. The number of hydrogen-bond acceptors (Lipinski definition) is 5. The number of imidazole rings is 1. The van der Waals surface area contributed by atoms with Gasteiger partial charge in [0.15, 0.2) is 0 Å². The highest BCUT2D eigenvalue weighted by atomic mass is 32.1. The van der Waals surface area contributed by atoms with Gasteiger partial charge in [-0.2, -0.15) is 13.2 Å². The van der Waals surface area contributed by atoms with Gasteiger partial charge in [-0.05, 0) is 36.7 Å². The lowest BCUT2D eigenvalue weighted by Gasteiger charge is -2.05. The number of nitrogens with zero attached hydrogens (tertiary/aromatic N) is 3. The second-order valence-electron chi connectivity index (χ2n) is 4.46. The van der Waals surface area contributed by atoms with Crippen molar-refractivity contribution in [2.24, 2.45) is 0 Å². The first-order valence-electron chi connectivity index (χ1n) is 6.02. The highest BCUT2D eigenvalue weighted by molar-refractivity contribution is 7.08. The molecule has 22 heavy (non-hydrogen) atoms. The molecule has 0 aliphatic heterocycles. The molecule has 2 N–H and O–H groups in total. The summed E-state index contributed by atoms with van der Waals surface area (Å²) in [7, 11) is 0. The molecule has 0 atom stereocenters. The van der Waals surface area contributed by atoms with Gasteiger partial charge in [0, 0.05) is 0 Å². The molecular formula is C12H8F3N5OS. The zero-order valence-corrected chi connectivity index (χ0v) is 11.8. The van der Waals surface area contributed by atoms with Gasteiger partial charge in [0.2, 0.25) is 5.95 Å². The third-order valence-electron chi connectivity index (χ3n) is 2.90. The Hall–Kier alpha value is -2.49. The highest BCUT2D eigenvalue weighted by Gasteiger charge is 2.30. The summed E-state index contributed by atoms with van der Waals surface area (Å²) in [6.07, 6.45) is -4.44. The zero-order chi connectivity index (χ0) is 15.9. The Morgan fingerprint density at radius 2 is 2.14 bits per heavy atom. The molecule has 0 fully saturated rings. The maximum Gasteiger partial charge on any atom is 0.416 e. The van der Waals surface area contributed by atoms with E-state index in [1.807, 2.05) is 0 Å². The summed E-state index contributed by atoms with van der Waals surface area (Å²) in [6.45, 7) is 1.63. The number of carbonyl (C=O) groups is 1. The van der Waals surface area contributed by atoms with Crippen LogP contribution in [0.25, 0.3) is 11.0 Å². The standard InChI is InChI=1S/C12H8F3N5OS/c1-5-9(22-20-19-5)10(21)18-11-16-7-3-2-6(12(13,14)15)4-8(7)17-11/h2-4H,1H3,(H2,16,17,18,21). The van der Waals surface area contributed by atoms with Crippen molar-refractivity contribution in [2.45, 2.75) is 13.1 Å². The van der Waals surface area contributed by atoms with Crippen LogP contribution in [0, 0.1) is 6.92 Å². The molecule has 0 saturated heterocycles. The molecule has 114 valence electrons. The van der Waals surface area contributed by atoms with Crippen LogP contribution in [0.5, 0.6) is 0 Å². The maximum atomic E-state index is 12.6. The Morgan fingerprint density at radius 1 is 1.36 bits per heavy atom. The van der Waals surface area contributed by atoms with Crippen LogP contribution in [0.3, 0.4) is 0 Å². The maximum absolute atomic E-state index is 12.6. The first-order chi connectivity index (χ1) is 10.3. The van der Waals surface area contributed by atoms with E-state index in [9.17, 15) is 18.0 Å². The zero-order valence-electron chi connectivity index (χ0n) is 11.0. The largest absolute Gasteiger partial charge is 0.416 e. The van der Waals surface area contributed by atoms with E-state index in [0.29, 0.717) is 16.1 Å². The minimum absolute atomic E-state index is 0.0622. The number of aromatic nitrogens is 4. The van der Waals surface area contributed by atoms with Crippen molar-refractivity contribution in [3.05, 3.63) is 34.3 Å². The third-order valence-corrected chi connectivity index (χ3v) is 3.73. The van der Waals surface area contributed by atoms with E-state index < -0.39 is 17.6 Å². The Morgan fingerprint density at radius 3 is 2.77 bits per heavy atom. The number of H-pyrrole nitrogens is 1. The molecule has 0 bridgehead atoms. The van der Waals surface area contributed by atoms with Crippen LogP contribution in [0.15, 0.2) is 18.2 Å². The average molecular weight is 327 g/mol. The lowest BCUT2D eigenvalue weighted by molar-refractivity contribution is -0.137. The summed E-state index contributed by atoms with van der Waals surface area (Å²) < 4.78 is 41.6. The number of rotatable bonds is 2. The van der Waals surface area contributed by atoms with Crippen LogP contribution in [-0.2, 0) is 6.18 Å². The number of nitrogens with one attached hydrogen (secondary N) is 2. The van der Waals surface area contributed by atoms with Crippen molar-refractivity contribution in [3.63, 3.8) is 0 Å². The van der Waals surface area contributed by atoms with Gasteiger partial charge in [-0.1, -0.05) is 4.49 Å². The third kappa shape index (κ3) is 2.64. The molecule has 0 aliphatic rings. The Balaban J connectivity index is 1.89. The van der Waals surface area contributed by atoms with Crippen LogP contribution in [0.2, 0.25) is 0 Å². The van der Waals surface area contributed by atoms with Gasteiger partial charge in [0.25, 0.3) is 5.91 Å². The lowest BCUT2D eigenvalue weighted by Crippen LogP contribution is -2.12. The first-order valence-corrected chi connectivity index (χ1v) is 6.79. The van der Waals surface area contributed by atoms with Crippen molar-refractivity contribution >= 4 is 34.4 Å². The number of amides is 1. The van der Waals surface area contributed by atoms with Crippen LogP contribution in [0.4, 0.5) is 19.1 Å². The Bertz CT molecular complexity index is 854. The second-order valence-corrected chi connectivity index (χ2v) is 5.21. The van der Waals surface area contributed by atoms with E-state index in [-0.39, 0.29) is 11.5 Å². The van der Waals surface area contributed by atoms with Crippen molar-refractivity contribution in [3.8, 4) is 0 Å². The molecule has 0 saturated carbocycles. The molecule has 10 heteroatoms. The minimum atomic E-state index is -4.44. The Kier molecular flexibility index (Phi) is 3.32. The fraction of sp³-hybridized carbons (Fsp3) is 0.167. The summed E-state index contributed by atoms with van der Waals surface area (Å²) in [5, 5.41) is 6.19. The van der Waals surface area contributed by atoms with Gasteiger partial charge >= 0.3 is 6.18 Å². The molecule has 1 amide bonds. The van der Waals surface area contributed by atoms with Gasteiger partial charge in [-0.15, -0.1) is 5.10 Å². The summed E-state index contributed by atoms with van der Waals surface area (Å²) in [5.74, 6) is -0.408. The topological polar surface area (TPSA) is 83.6 Å². The van der Waals surface area contributed by atoms with E-state index in [2.05, 4.69) is 24.9 Å². The van der Waals surface area contributed by atoms with Gasteiger partial charge in [-0.3, -0.25) is 10.1 Å². The molecule has 3 rings (SSSR count). The average Bonchev–Trinajstić information content (AvgIpc) is 3.01. The van der Waals surface area contributed by atoms with Crippen molar-refractivity contribution in [1.29, 1.82) is 0 Å². The molecule has 0 aliphatic carbocycles. The predicted molar refractivity (Wildman–Crippen MR) is 73.7 cm³/mol. The van der Waals surface area contributed by atoms with Gasteiger partial charge in [-0.25, -0.2) is 4.98 Å². The Labute approximate surface area is 125 Å². The number of carbonyl (C=O) groups excluding carboxylic acids is 1. The number of anilines is 1. The van der Waals surface area contributed by atoms with Crippen LogP contribution in [0.1, 0.15) is 20.9 Å². The summed E-state index contributed by atoms with van der Waals surface area (Å²) in [4.78, 5) is 19.0. The molecule has 2 aromatic heterocycles. The molecule has 2 heterocycles. The molecule has 0 radical (unpaired) electrons. The number of hydrogen-bond donors (Lipinski definition) is 2. The number of alkyl halides is 3. The van der Waals surface area contributed by atoms with Gasteiger partial charge in [0.1, 0.15) is 4.88 Å².